The second kappa shape index (κ2) is 3.70. The first kappa shape index (κ1) is 9.23. The summed E-state index contributed by atoms with van der Waals surface area (Å²) >= 11 is 0. The van der Waals surface area contributed by atoms with E-state index in [9.17, 15) is 0 Å². The zero-order valence-electron chi connectivity index (χ0n) is 7.54. The average Bonchev–Trinajstić information content (AvgIpc) is 2.08. The summed E-state index contributed by atoms with van der Waals surface area (Å²) in [7, 11) is 0. The van der Waals surface area contributed by atoms with Crippen LogP contribution in [0.5, 0.6) is 0 Å². The molecule has 0 aromatic heterocycles. The molecule has 1 aromatic rings. The minimum Gasteiger partial charge on any atom is -0.394 e. The summed E-state index contributed by atoms with van der Waals surface area (Å²) in [5, 5.41) is 8.88. The van der Waals surface area contributed by atoms with Crippen LogP contribution in [0.15, 0.2) is 18.2 Å². The topological polar surface area (TPSA) is 46.2 Å². The third-order valence-corrected chi connectivity index (χ3v) is 2.24. The number of rotatable bonds is 2. The SMILES string of the molecule is Cc1cccc([C@H](N)CO)c1C. The van der Waals surface area contributed by atoms with Crippen molar-refractivity contribution in [3.63, 3.8) is 0 Å². The third kappa shape index (κ3) is 1.65. The Labute approximate surface area is 73.0 Å². The fourth-order valence-electron chi connectivity index (χ4n) is 1.27. The van der Waals surface area contributed by atoms with Gasteiger partial charge in [-0.25, -0.2) is 0 Å². The van der Waals surface area contributed by atoms with Crippen molar-refractivity contribution in [1.82, 2.24) is 0 Å². The van der Waals surface area contributed by atoms with Crippen molar-refractivity contribution < 1.29 is 5.11 Å². The number of aliphatic hydroxyl groups excluding tert-OH is 1. The van der Waals surface area contributed by atoms with Crippen LogP contribution in [0.3, 0.4) is 0 Å². The normalized spacial score (nSPS) is 13.0. The molecule has 0 unspecified atom stereocenters. The molecule has 0 saturated carbocycles. The Morgan fingerprint density at radius 2 is 2.08 bits per heavy atom. The standard InChI is InChI=1S/C10H15NO/c1-7-4-3-5-9(8(7)2)10(11)6-12/h3-5,10,12H,6,11H2,1-2H3/t10-/m1/s1. The van der Waals surface area contributed by atoms with E-state index < -0.39 is 0 Å². The van der Waals surface area contributed by atoms with Crippen molar-refractivity contribution in [2.45, 2.75) is 19.9 Å². The Kier molecular flexibility index (Phi) is 2.84. The van der Waals surface area contributed by atoms with Gasteiger partial charge in [0.2, 0.25) is 0 Å². The van der Waals surface area contributed by atoms with E-state index in [0.29, 0.717) is 0 Å². The summed E-state index contributed by atoms with van der Waals surface area (Å²) in [4.78, 5) is 0. The molecule has 0 fully saturated rings. The number of aliphatic hydroxyl groups is 1. The van der Waals surface area contributed by atoms with Gasteiger partial charge in [-0.2, -0.15) is 0 Å². The van der Waals surface area contributed by atoms with Crippen molar-refractivity contribution in [2.75, 3.05) is 6.61 Å². The van der Waals surface area contributed by atoms with Crippen molar-refractivity contribution in [2.24, 2.45) is 5.73 Å². The first-order valence-corrected chi connectivity index (χ1v) is 4.09. The maximum atomic E-state index is 8.88. The molecule has 0 aliphatic heterocycles. The van der Waals surface area contributed by atoms with Crippen LogP contribution in [0.4, 0.5) is 0 Å². The molecule has 0 spiro atoms. The van der Waals surface area contributed by atoms with Crippen LogP contribution in [-0.2, 0) is 0 Å². The van der Waals surface area contributed by atoms with Crippen LogP contribution in [0.2, 0.25) is 0 Å². The zero-order chi connectivity index (χ0) is 9.14. The number of benzene rings is 1. The van der Waals surface area contributed by atoms with E-state index in [2.05, 4.69) is 0 Å². The van der Waals surface area contributed by atoms with Crippen molar-refractivity contribution in [3.05, 3.63) is 34.9 Å². The predicted octanol–water partition coefficient (Wildman–Crippen LogP) is 1.30. The van der Waals surface area contributed by atoms with E-state index in [1.165, 1.54) is 11.1 Å². The lowest BCUT2D eigenvalue weighted by Gasteiger charge is -2.13. The van der Waals surface area contributed by atoms with E-state index in [1.807, 2.05) is 32.0 Å². The van der Waals surface area contributed by atoms with Crippen molar-refractivity contribution in [3.8, 4) is 0 Å². The minimum atomic E-state index is -0.245. The molecule has 0 radical (unpaired) electrons. The van der Waals surface area contributed by atoms with Crippen LogP contribution < -0.4 is 5.73 Å². The predicted molar refractivity (Wildman–Crippen MR) is 49.9 cm³/mol. The lowest BCUT2D eigenvalue weighted by molar-refractivity contribution is 0.267. The molecule has 1 aromatic carbocycles. The average molecular weight is 165 g/mol. The quantitative estimate of drug-likeness (QED) is 0.693. The van der Waals surface area contributed by atoms with Gasteiger partial charge in [0.25, 0.3) is 0 Å². The summed E-state index contributed by atoms with van der Waals surface area (Å²) in [6.45, 7) is 4.08. The number of hydrogen-bond acceptors (Lipinski definition) is 2. The van der Waals surface area contributed by atoms with Gasteiger partial charge >= 0.3 is 0 Å². The van der Waals surface area contributed by atoms with Gasteiger partial charge in [-0.3, -0.25) is 0 Å². The van der Waals surface area contributed by atoms with Gasteiger partial charge in [-0.15, -0.1) is 0 Å². The van der Waals surface area contributed by atoms with E-state index in [0.717, 1.165) is 5.56 Å². The fourth-order valence-corrected chi connectivity index (χ4v) is 1.27. The maximum absolute atomic E-state index is 8.88. The van der Waals surface area contributed by atoms with Gasteiger partial charge in [0, 0.05) is 0 Å². The minimum absolute atomic E-state index is 0.00426. The molecule has 0 amide bonds. The Bertz CT molecular complexity index is 271. The lowest BCUT2D eigenvalue weighted by Crippen LogP contribution is -2.15. The first-order valence-electron chi connectivity index (χ1n) is 4.09. The number of aryl methyl sites for hydroxylation is 1. The molecule has 0 aliphatic rings. The number of nitrogens with two attached hydrogens (primary N) is 1. The van der Waals surface area contributed by atoms with Crippen molar-refractivity contribution >= 4 is 0 Å². The van der Waals surface area contributed by atoms with Crippen LogP contribution >= 0.6 is 0 Å². The van der Waals surface area contributed by atoms with Gasteiger partial charge in [0.15, 0.2) is 0 Å². The monoisotopic (exact) mass is 165 g/mol. The Morgan fingerprint density at radius 1 is 1.42 bits per heavy atom. The molecule has 3 N–H and O–H groups in total. The van der Waals surface area contributed by atoms with Gasteiger partial charge in [0.1, 0.15) is 0 Å². The van der Waals surface area contributed by atoms with E-state index in [4.69, 9.17) is 10.8 Å². The highest BCUT2D eigenvalue weighted by Gasteiger charge is 2.07. The van der Waals surface area contributed by atoms with Crippen LogP contribution in [0, 0.1) is 13.8 Å². The molecular formula is C10H15NO. The van der Waals surface area contributed by atoms with E-state index >= 15 is 0 Å². The molecule has 66 valence electrons. The Balaban J connectivity index is 3.07. The highest BCUT2D eigenvalue weighted by Crippen LogP contribution is 2.17. The molecule has 0 heterocycles. The first-order chi connectivity index (χ1) is 5.66. The van der Waals surface area contributed by atoms with Crippen molar-refractivity contribution in [1.29, 1.82) is 0 Å². The second-order valence-corrected chi connectivity index (χ2v) is 3.08. The molecule has 0 bridgehead atoms. The molecule has 12 heavy (non-hydrogen) atoms. The zero-order valence-corrected chi connectivity index (χ0v) is 7.54. The summed E-state index contributed by atoms with van der Waals surface area (Å²) < 4.78 is 0. The van der Waals surface area contributed by atoms with Gasteiger partial charge in [-0.05, 0) is 30.5 Å². The number of hydrogen-bond donors (Lipinski definition) is 2. The molecule has 0 aliphatic carbocycles. The maximum Gasteiger partial charge on any atom is 0.0624 e. The molecule has 2 heteroatoms. The lowest BCUT2D eigenvalue weighted by atomic mass is 9.98. The smallest absolute Gasteiger partial charge is 0.0624 e. The Hall–Kier alpha value is -0.860. The summed E-state index contributed by atoms with van der Waals surface area (Å²) in [6.07, 6.45) is 0. The summed E-state index contributed by atoms with van der Waals surface area (Å²) in [5.74, 6) is 0. The van der Waals surface area contributed by atoms with E-state index in [-0.39, 0.29) is 12.6 Å². The fraction of sp³-hybridized carbons (Fsp3) is 0.400. The highest BCUT2D eigenvalue weighted by molar-refractivity contribution is 5.35. The molecular weight excluding hydrogens is 150 g/mol. The molecule has 0 saturated heterocycles. The van der Waals surface area contributed by atoms with Gasteiger partial charge < -0.3 is 10.8 Å². The summed E-state index contributed by atoms with van der Waals surface area (Å²) in [6, 6.07) is 5.73. The van der Waals surface area contributed by atoms with Crippen LogP contribution in [-0.4, -0.2) is 11.7 Å². The largest absolute Gasteiger partial charge is 0.394 e. The summed E-state index contributed by atoms with van der Waals surface area (Å²) in [5.41, 5.74) is 9.15. The highest BCUT2D eigenvalue weighted by atomic mass is 16.3. The van der Waals surface area contributed by atoms with Gasteiger partial charge in [-0.1, -0.05) is 18.2 Å². The van der Waals surface area contributed by atoms with Gasteiger partial charge in [0.05, 0.1) is 12.6 Å². The van der Waals surface area contributed by atoms with E-state index in [1.54, 1.807) is 0 Å². The Morgan fingerprint density at radius 3 is 2.67 bits per heavy atom. The molecule has 2 nitrogen and oxygen atoms in total. The molecule has 1 atom stereocenters. The molecule has 1 rings (SSSR count). The van der Waals surface area contributed by atoms with Crippen LogP contribution in [0.25, 0.3) is 0 Å². The van der Waals surface area contributed by atoms with Crippen LogP contribution in [0.1, 0.15) is 22.7 Å². The second-order valence-electron chi connectivity index (χ2n) is 3.08. The third-order valence-electron chi connectivity index (χ3n) is 2.24.